The van der Waals surface area contributed by atoms with Crippen LogP contribution in [-0.4, -0.2) is 46.6 Å². The Kier molecular flexibility index (Phi) is 5.16. The van der Waals surface area contributed by atoms with E-state index in [-0.39, 0.29) is 18.2 Å². The lowest BCUT2D eigenvalue weighted by molar-refractivity contribution is -0.155. The molecule has 1 aromatic carbocycles. The lowest BCUT2D eigenvalue weighted by Gasteiger charge is -2.32. The average Bonchev–Trinajstić information content (AvgIpc) is 3.05. The maximum Gasteiger partial charge on any atom is 0.308 e. The van der Waals surface area contributed by atoms with Gasteiger partial charge in [0.2, 0.25) is 11.8 Å². The maximum absolute atomic E-state index is 12.3. The number of hydrogen-bond donors (Lipinski definition) is 0. The van der Waals surface area contributed by atoms with Gasteiger partial charge in [-0.3, -0.25) is 24.1 Å². The van der Waals surface area contributed by atoms with E-state index < -0.39 is 24.5 Å². The molecule has 1 atom stereocenters. The summed E-state index contributed by atoms with van der Waals surface area (Å²) in [6.07, 6.45) is 4.38. The van der Waals surface area contributed by atoms with Crippen molar-refractivity contribution in [1.82, 2.24) is 9.80 Å². The molecule has 0 spiro atoms. The molecule has 0 unspecified atom stereocenters. The largest absolute Gasteiger partial charge is 0.455 e. The van der Waals surface area contributed by atoms with Crippen LogP contribution in [0.3, 0.4) is 0 Å². The van der Waals surface area contributed by atoms with E-state index in [0.29, 0.717) is 19.4 Å². The fourth-order valence-corrected chi connectivity index (χ4v) is 3.26. The highest BCUT2D eigenvalue weighted by molar-refractivity contribution is 5.97. The van der Waals surface area contributed by atoms with Crippen molar-refractivity contribution in [2.45, 2.75) is 32.2 Å². The Morgan fingerprint density at radius 3 is 2.69 bits per heavy atom. The molecule has 26 heavy (non-hydrogen) atoms. The van der Waals surface area contributed by atoms with Crippen LogP contribution in [0.25, 0.3) is 6.08 Å². The van der Waals surface area contributed by atoms with Crippen molar-refractivity contribution in [1.29, 1.82) is 0 Å². The van der Waals surface area contributed by atoms with Crippen molar-refractivity contribution in [3.63, 3.8) is 0 Å². The van der Waals surface area contributed by atoms with Crippen LogP contribution in [0, 0.1) is 0 Å². The molecule has 0 aliphatic carbocycles. The summed E-state index contributed by atoms with van der Waals surface area (Å²) in [6.45, 7) is 1.34. The van der Waals surface area contributed by atoms with Crippen LogP contribution in [0.2, 0.25) is 0 Å². The van der Waals surface area contributed by atoms with Gasteiger partial charge in [0, 0.05) is 26.1 Å². The number of hydrogen-bond acceptors (Lipinski definition) is 5. The van der Waals surface area contributed by atoms with E-state index in [1.807, 2.05) is 30.3 Å². The molecule has 7 heteroatoms. The Morgan fingerprint density at radius 1 is 1.23 bits per heavy atom. The molecule has 1 aromatic rings. The average molecular weight is 356 g/mol. The minimum Gasteiger partial charge on any atom is -0.455 e. The van der Waals surface area contributed by atoms with E-state index in [0.717, 1.165) is 16.0 Å². The standard InChI is InChI=1S/C19H20N2O5/c1-13(22)20-10-8-14-5-2-3-6-15(14)16(20)11-19(25)26-12-18(24)21-9-4-7-17(21)23/h2-3,5-6,8,10,16H,4,7,9,11-12H2,1H3/t16-/m0/s1. The molecule has 0 bridgehead atoms. The van der Waals surface area contributed by atoms with Crippen LogP contribution in [0.4, 0.5) is 0 Å². The molecule has 0 radical (unpaired) electrons. The summed E-state index contributed by atoms with van der Waals surface area (Å²) < 4.78 is 5.07. The van der Waals surface area contributed by atoms with Crippen LogP contribution in [-0.2, 0) is 23.9 Å². The van der Waals surface area contributed by atoms with E-state index in [1.54, 1.807) is 6.20 Å². The molecule has 136 valence electrons. The Hall–Kier alpha value is -2.96. The van der Waals surface area contributed by atoms with Crippen molar-refractivity contribution in [2.75, 3.05) is 13.2 Å². The van der Waals surface area contributed by atoms with Crippen LogP contribution in [0.1, 0.15) is 43.4 Å². The molecule has 0 N–H and O–H groups in total. The molecule has 7 nitrogen and oxygen atoms in total. The van der Waals surface area contributed by atoms with Crippen LogP contribution < -0.4 is 0 Å². The van der Waals surface area contributed by atoms with Gasteiger partial charge in [-0.05, 0) is 23.6 Å². The second-order valence-electron chi connectivity index (χ2n) is 6.29. The summed E-state index contributed by atoms with van der Waals surface area (Å²) in [4.78, 5) is 50.3. The third-order valence-corrected chi connectivity index (χ3v) is 4.56. The number of imide groups is 1. The van der Waals surface area contributed by atoms with Crippen molar-refractivity contribution in [3.8, 4) is 0 Å². The van der Waals surface area contributed by atoms with Gasteiger partial charge in [-0.2, -0.15) is 0 Å². The fraction of sp³-hybridized carbons (Fsp3) is 0.368. The van der Waals surface area contributed by atoms with Crippen LogP contribution in [0.5, 0.6) is 0 Å². The zero-order valence-corrected chi connectivity index (χ0v) is 14.5. The Morgan fingerprint density at radius 2 is 2.00 bits per heavy atom. The number of likely N-dealkylation sites (tertiary alicyclic amines) is 1. The normalized spacial score (nSPS) is 18.7. The summed E-state index contributed by atoms with van der Waals surface area (Å²) >= 11 is 0. The number of carbonyl (C=O) groups excluding carboxylic acids is 4. The van der Waals surface area contributed by atoms with Gasteiger partial charge in [0.15, 0.2) is 6.61 Å². The van der Waals surface area contributed by atoms with Gasteiger partial charge in [0.05, 0.1) is 12.5 Å². The van der Waals surface area contributed by atoms with Gasteiger partial charge >= 0.3 is 5.97 Å². The number of amides is 3. The molecule has 0 aromatic heterocycles. The third-order valence-electron chi connectivity index (χ3n) is 4.56. The van der Waals surface area contributed by atoms with Crippen molar-refractivity contribution < 1.29 is 23.9 Å². The number of fused-ring (bicyclic) bond motifs is 1. The first-order valence-corrected chi connectivity index (χ1v) is 8.52. The van der Waals surface area contributed by atoms with Gasteiger partial charge in [0.25, 0.3) is 5.91 Å². The monoisotopic (exact) mass is 356 g/mol. The molecule has 3 amide bonds. The van der Waals surface area contributed by atoms with E-state index >= 15 is 0 Å². The number of rotatable bonds is 4. The fourth-order valence-electron chi connectivity index (χ4n) is 3.26. The minimum atomic E-state index is -0.591. The Labute approximate surface area is 151 Å². The second kappa shape index (κ2) is 7.51. The molecular weight excluding hydrogens is 336 g/mol. The molecular formula is C19H20N2O5. The zero-order valence-electron chi connectivity index (χ0n) is 14.5. The van der Waals surface area contributed by atoms with Crippen molar-refractivity contribution in [2.24, 2.45) is 0 Å². The summed E-state index contributed by atoms with van der Waals surface area (Å²) in [7, 11) is 0. The number of benzene rings is 1. The first kappa shape index (κ1) is 17.8. The number of esters is 1. The minimum absolute atomic E-state index is 0.0673. The van der Waals surface area contributed by atoms with Gasteiger partial charge in [-0.1, -0.05) is 24.3 Å². The quantitative estimate of drug-likeness (QED) is 0.766. The predicted octanol–water partition coefficient (Wildman–Crippen LogP) is 1.64. The lowest BCUT2D eigenvalue weighted by Crippen LogP contribution is -2.36. The van der Waals surface area contributed by atoms with Gasteiger partial charge < -0.3 is 9.64 Å². The second-order valence-corrected chi connectivity index (χ2v) is 6.29. The smallest absolute Gasteiger partial charge is 0.308 e. The topological polar surface area (TPSA) is 84.0 Å². The molecule has 1 saturated heterocycles. The van der Waals surface area contributed by atoms with E-state index in [1.165, 1.54) is 11.8 Å². The van der Waals surface area contributed by atoms with Crippen molar-refractivity contribution in [3.05, 3.63) is 41.6 Å². The molecule has 0 saturated carbocycles. The van der Waals surface area contributed by atoms with Gasteiger partial charge in [0.1, 0.15) is 0 Å². The zero-order chi connectivity index (χ0) is 18.7. The molecule has 2 aliphatic rings. The third kappa shape index (κ3) is 3.66. The SMILES string of the molecule is CC(=O)N1C=Cc2ccccc2[C@@H]1CC(=O)OCC(=O)N1CCCC1=O. The summed E-state index contributed by atoms with van der Waals surface area (Å²) in [5.41, 5.74) is 1.78. The number of nitrogens with zero attached hydrogens (tertiary/aromatic N) is 2. The van der Waals surface area contributed by atoms with E-state index in [4.69, 9.17) is 4.74 Å². The Balaban J connectivity index is 1.65. The maximum atomic E-state index is 12.3. The number of carbonyl (C=O) groups is 4. The summed E-state index contributed by atoms with van der Waals surface area (Å²) in [6, 6.07) is 7.01. The molecule has 2 aliphatic heterocycles. The predicted molar refractivity (Wildman–Crippen MR) is 92.3 cm³/mol. The van der Waals surface area contributed by atoms with Gasteiger partial charge in [-0.25, -0.2) is 0 Å². The summed E-state index contributed by atoms with van der Waals surface area (Å²) in [5.74, 6) is -1.52. The first-order chi connectivity index (χ1) is 12.5. The molecule has 3 rings (SSSR count). The number of ether oxygens (including phenoxy) is 1. The van der Waals surface area contributed by atoms with Gasteiger partial charge in [-0.15, -0.1) is 0 Å². The van der Waals surface area contributed by atoms with E-state index in [2.05, 4.69) is 0 Å². The van der Waals surface area contributed by atoms with E-state index in [9.17, 15) is 19.2 Å². The lowest BCUT2D eigenvalue weighted by atomic mass is 9.94. The Bertz CT molecular complexity index is 786. The highest BCUT2D eigenvalue weighted by Crippen LogP contribution is 2.33. The summed E-state index contributed by atoms with van der Waals surface area (Å²) in [5, 5.41) is 0. The molecule has 2 heterocycles. The highest BCUT2D eigenvalue weighted by Gasteiger charge is 2.30. The van der Waals surface area contributed by atoms with Crippen LogP contribution in [0.15, 0.2) is 30.5 Å². The van der Waals surface area contributed by atoms with Crippen molar-refractivity contribution >= 4 is 29.8 Å². The van der Waals surface area contributed by atoms with Crippen LogP contribution >= 0.6 is 0 Å². The first-order valence-electron chi connectivity index (χ1n) is 8.52. The molecule has 1 fully saturated rings. The highest BCUT2D eigenvalue weighted by atomic mass is 16.5.